The zero-order valence-electron chi connectivity index (χ0n) is 17.5. The van der Waals surface area contributed by atoms with Crippen LogP contribution in [0.25, 0.3) is 0 Å². The number of halogens is 3. The summed E-state index contributed by atoms with van der Waals surface area (Å²) in [7, 11) is 0. The number of hydrogen-bond acceptors (Lipinski definition) is 5. The summed E-state index contributed by atoms with van der Waals surface area (Å²) in [6, 6.07) is 9.41. The van der Waals surface area contributed by atoms with Crippen LogP contribution < -0.4 is 5.32 Å². The molecule has 1 aromatic rings. The van der Waals surface area contributed by atoms with E-state index in [1.54, 1.807) is 20.8 Å². The van der Waals surface area contributed by atoms with Gasteiger partial charge in [-0.05, 0) is 45.6 Å². The van der Waals surface area contributed by atoms with Crippen LogP contribution in [0.1, 0.15) is 45.6 Å². The summed E-state index contributed by atoms with van der Waals surface area (Å²) in [6.07, 6.45) is 0.913. The number of amides is 2. The van der Waals surface area contributed by atoms with E-state index in [1.807, 2.05) is 30.3 Å². The molecule has 1 N–H and O–H groups in total. The van der Waals surface area contributed by atoms with Crippen LogP contribution in [-0.4, -0.2) is 46.3 Å². The first-order chi connectivity index (χ1) is 14.0. The van der Waals surface area contributed by atoms with E-state index in [0.717, 1.165) is 23.5 Å². The molecule has 0 aromatic heterocycles. The molecule has 0 spiro atoms. The Morgan fingerprint density at radius 3 is 2.30 bits per heavy atom. The van der Waals surface area contributed by atoms with Crippen molar-refractivity contribution in [1.82, 2.24) is 10.4 Å². The number of alkyl halides is 3. The molecule has 0 unspecified atom stereocenters. The van der Waals surface area contributed by atoms with E-state index in [4.69, 9.17) is 49.1 Å². The lowest BCUT2D eigenvalue weighted by atomic mass is 10.2. The molecule has 170 valence electrons. The minimum Gasteiger partial charge on any atom is -0.444 e. The third-order valence-electron chi connectivity index (χ3n) is 3.50. The highest BCUT2D eigenvalue weighted by atomic mass is 35.6. The van der Waals surface area contributed by atoms with Crippen molar-refractivity contribution >= 4 is 47.0 Å². The molecular weight excluding hydrogens is 455 g/mol. The normalized spacial score (nSPS) is 11.7. The van der Waals surface area contributed by atoms with Gasteiger partial charge in [-0.25, -0.2) is 9.59 Å². The topological polar surface area (TPSA) is 77.1 Å². The van der Waals surface area contributed by atoms with E-state index < -0.39 is 21.6 Å². The van der Waals surface area contributed by atoms with Crippen LogP contribution in [0.5, 0.6) is 0 Å². The molecular formula is C20H29Cl3N2O5. The van der Waals surface area contributed by atoms with Crippen LogP contribution in [0.2, 0.25) is 0 Å². The maximum Gasteiger partial charge on any atom is 0.434 e. The monoisotopic (exact) mass is 482 g/mol. The molecule has 0 atom stereocenters. The first-order valence-corrected chi connectivity index (χ1v) is 10.7. The number of hydroxylamine groups is 2. The Bertz CT molecular complexity index is 648. The van der Waals surface area contributed by atoms with Crippen molar-refractivity contribution in [3.8, 4) is 0 Å². The van der Waals surface area contributed by atoms with Gasteiger partial charge in [0.1, 0.15) is 18.8 Å². The van der Waals surface area contributed by atoms with Crippen LogP contribution in [0, 0.1) is 0 Å². The lowest BCUT2D eigenvalue weighted by molar-refractivity contribution is -0.147. The highest BCUT2D eigenvalue weighted by molar-refractivity contribution is 6.67. The Balaban J connectivity index is 2.41. The van der Waals surface area contributed by atoms with Crippen molar-refractivity contribution in [2.24, 2.45) is 0 Å². The zero-order valence-corrected chi connectivity index (χ0v) is 19.7. The Hall–Kier alpha value is -1.41. The smallest absolute Gasteiger partial charge is 0.434 e. The van der Waals surface area contributed by atoms with Gasteiger partial charge in [0, 0.05) is 6.54 Å². The molecule has 10 heteroatoms. The molecule has 2 amide bonds. The standard InChI is InChI=1S/C20H29Cl3N2O5/c1-19(2,3)30-17(26)24-12-8-5-9-13-25(18(27)28-15-20(21,22)23)29-14-16-10-6-4-7-11-16/h4,6-7,10-11H,5,8-9,12-15H2,1-3H3,(H,24,26). The summed E-state index contributed by atoms with van der Waals surface area (Å²) in [5.74, 6) is 0. The van der Waals surface area contributed by atoms with Crippen molar-refractivity contribution in [2.75, 3.05) is 19.7 Å². The lowest BCUT2D eigenvalue weighted by Gasteiger charge is -2.22. The maximum atomic E-state index is 12.3. The number of ether oxygens (including phenoxy) is 2. The van der Waals surface area contributed by atoms with Crippen molar-refractivity contribution in [1.29, 1.82) is 0 Å². The van der Waals surface area contributed by atoms with Crippen molar-refractivity contribution in [3.05, 3.63) is 35.9 Å². The second-order valence-corrected chi connectivity index (χ2v) is 10.0. The van der Waals surface area contributed by atoms with Gasteiger partial charge in [-0.1, -0.05) is 65.1 Å². The molecule has 7 nitrogen and oxygen atoms in total. The predicted molar refractivity (Wildman–Crippen MR) is 118 cm³/mol. The lowest BCUT2D eigenvalue weighted by Crippen LogP contribution is -2.35. The van der Waals surface area contributed by atoms with E-state index >= 15 is 0 Å². The van der Waals surface area contributed by atoms with E-state index in [1.165, 1.54) is 0 Å². The molecule has 30 heavy (non-hydrogen) atoms. The van der Waals surface area contributed by atoms with E-state index in [2.05, 4.69) is 5.32 Å². The largest absolute Gasteiger partial charge is 0.444 e. The van der Waals surface area contributed by atoms with Gasteiger partial charge in [-0.2, -0.15) is 5.06 Å². The molecule has 1 aromatic carbocycles. The molecule has 0 aliphatic rings. The fourth-order valence-corrected chi connectivity index (χ4v) is 2.38. The van der Waals surface area contributed by atoms with Crippen molar-refractivity contribution < 1.29 is 23.9 Å². The molecule has 0 heterocycles. The minimum absolute atomic E-state index is 0.198. The Morgan fingerprint density at radius 1 is 1.03 bits per heavy atom. The summed E-state index contributed by atoms with van der Waals surface area (Å²) in [6.45, 7) is 5.98. The average molecular weight is 484 g/mol. The van der Waals surface area contributed by atoms with Gasteiger partial charge < -0.3 is 14.8 Å². The number of carbonyl (C=O) groups is 2. The first kappa shape index (κ1) is 26.6. The zero-order chi connectivity index (χ0) is 22.6. The fourth-order valence-electron chi connectivity index (χ4n) is 2.21. The third-order valence-corrected chi connectivity index (χ3v) is 3.83. The van der Waals surface area contributed by atoms with Crippen LogP contribution in [-0.2, 0) is 20.9 Å². The van der Waals surface area contributed by atoms with E-state index in [9.17, 15) is 9.59 Å². The second-order valence-electron chi connectivity index (χ2n) is 7.52. The number of hydrogen-bond donors (Lipinski definition) is 1. The molecule has 0 aliphatic carbocycles. The van der Waals surface area contributed by atoms with Crippen LogP contribution >= 0.6 is 34.8 Å². The Morgan fingerprint density at radius 2 is 1.70 bits per heavy atom. The Labute approximate surface area is 192 Å². The van der Waals surface area contributed by atoms with Crippen LogP contribution in [0.15, 0.2) is 30.3 Å². The Kier molecular flexibility index (Phi) is 11.6. The molecule has 0 saturated carbocycles. The quantitative estimate of drug-likeness (QED) is 0.265. The summed E-state index contributed by atoms with van der Waals surface area (Å²) in [5, 5.41) is 3.81. The van der Waals surface area contributed by atoms with E-state index in [0.29, 0.717) is 13.0 Å². The summed E-state index contributed by atoms with van der Waals surface area (Å²) >= 11 is 16.9. The maximum absolute atomic E-state index is 12.3. The molecule has 0 fully saturated rings. The number of alkyl carbamates (subject to hydrolysis) is 1. The highest BCUT2D eigenvalue weighted by Gasteiger charge is 2.25. The molecule has 1 rings (SSSR count). The number of carbonyl (C=O) groups excluding carboxylic acids is 2. The average Bonchev–Trinajstić information content (AvgIpc) is 2.63. The van der Waals surface area contributed by atoms with Gasteiger partial charge in [0.25, 0.3) is 0 Å². The van der Waals surface area contributed by atoms with Crippen molar-refractivity contribution in [2.45, 2.75) is 56.0 Å². The number of benzene rings is 1. The second kappa shape index (κ2) is 13.1. The summed E-state index contributed by atoms with van der Waals surface area (Å²) < 4.78 is 8.48. The summed E-state index contributed by atoms with van der Waals surface area (Å²) in [5.41, 5.74) is 0.367. The predicted octanol–water partition coefficient (Wildman–Crippen LogP) is 5.62. The molecule has 0 radical (unpaired) electrons. The van der Waals surface area contributed by atoms with Crippen LogP contribution in [0.3, 0.4) is 0 Å². The highest BCUT2D eigenvalue weighted by Crippen LogP contribution is 2.26. The third kappa shape index (κ3) is 13.7. The minimum atomic E-state index is -1.70. The van der Waals surface area contributed by atoms with Gasteiger partial charge in [-0.3, -0.25) is 4.84 Å². The summed E-state index contributed by atoms with van der Waals surface area (Å²) in [4.78, 5) is 29.5. The van der Waals surface area contributed by atoms with Gasteiger partial charge in [0.2, 0.25) is 3.79 Å². The van der Waals surface area contributed by atoms with E-state index in [-0.39, 0.29) is 19.8 Å². The number of nitrogens with zero attached hydrogens (tertiary/aromatic N) is 1. The number of unbranched alkanes of at least 4 members (excludes halogenated alkanes) is 2. The SMILES string of the molecule is CC(C)(C)OC(=O)NCCCCCN(OCc1ccccc1)C(=O)OCC(Cl)(Cl)Cl. The van der Waals surface area contributed by atoms with Gasteiger partial charge in [0.05, 0.1) is 6.54 Å². The van der Waals surface area contributed by atoms with Crippen LogP contribution in [0.4, 0.5) is 9.59 Å². The van der Waals surface area contributed by atoms with Gasteiger partial charge in [0.15, 0.2) is 0 Å². The molecule has 0 bridgehead atoms. The van der Waals surface area contributed by atoms with Gasteiger partial charge >= 0.3 is 12.2 Å². The van der Waals surface area contributed by atoms with Gasteiger partial charge in [-0.15, -0.1) is 0 Å². The number of nitrogens with one attached hydrogen (secondary N) is 1. The number of rotatable bonds is 10. The van der Waals surface area contributed by atoms with Crippen molar-refractivity contribution in [3.63, 3.8) is 0 Å². The molecule has 0 aliphatic heterocycles. The first-order valence-electron chi connectivity index (χ1n) is 9.61. The molecule has 0 saturated heterocycles. The fraction of sp³-hybridized carbons (Fsp3) is 0.600.